The van der Waals surface area contributed by atoms with Crippen LogP contribution in [0.2, 0.25) is 0 Å². The minimum Gasteiger partial charge on any atom is -0.497 e. The molecular weight excluding hydrogens is 530 g/mol. The zero-order valence-corrected chi connectivity index (χ0v) is 23.0. The number of hydrogen-bond donors (Lipinski definition) is 2. The number of amides is 1. The van der Waals surface area contributed by atoms with E-state index in [0.717, 1.165) is 0 Å². The minimum atomic E-state index is -0.793. The van der Waals surface area contributed by atoms with Gasteiger partial charge in [-0.05, 0) is 74.5 Å². The Bertz CT molecular complexity index is 1500. The van der Waals surface area contributed by atoms with Crippen molar-refractivity contribution in [3.8, 4) is 11.8 Å². The van der Waals surface area contributed by atoms with Gasteiger partial charge in [-0.15, -0.1) is 0 Å². The van der Waals surface area contributed by atoms with E-state index < -0.39 is 17.8 Å². The van der Waals surface area contributed by atoms with Crippen LogP contribution in [0.15, 0.2) is 93.2 Å². The van der Waals surface area contributed by atoms with E-state index in [1.54, 1.807) is 81.6 Å². The van der Waals surface area contributed by atoms with Crippen LogP contribution in [0, 0.1) is 11.3 Å². The number of methoxy groups -OCH3 is 1. The van der Waals surface area contributed by atoms with E-state index in [0.29, 0.717) is 44.6 Å². The van der Waals surface area contributed by atoms with Gasteiger partial charge in [0.25, 0.3) is 5.91 Å². The number of carbonyl (C=O) groups excluding carboxylic acids is 3. The molecule has 2 N–H and O–H groups in total. The van der Waals surface area contributed by atoms with Crippen LogP contribution in [0.1, 0.15) is 46.2 Å². The second-order valence-electron chi connectivity index (χ2n) is 8.66. The summed E-state index contributed by atoms with van der Waals surface area (Å²) in [5.41, 5.74) is 2.42. The third-order valence-electron chi connectivity index (χ3n) is 6.13. The zero-order chi connectivity index (χ0) is 28.6. The first-order valence-corrected chi connectivity index (χ1v) is 13.4. The summed E-state index contributed by atoms with van der Waals surface area (Å²) in [6, 6.07) is 18.7. The van der Waals surface area contributed by atoms with Crippen molar-refractivity contribution in [1.82, 2.24) is 5.32 Å². The number of furan rings is 1. The maximum atomic E-state index is 13.5. The molecule has 0 saturated heterocycles. The van der Waals surface area contributed by atoms with E-state index in [1.165, 1.54) is 18.0 Å². The van der Waals surface area contributed by atoms with Crippen LogP contribution in [0.4, 0.5) is 5.69 Å². The first-order chi connectivity index (χ1) is 19.4. The molecule has 0 unspecified atom stereocenters. The molecule has 4 rings (SSSR count). The number of dihydropyridines is 1. The van der Waals surface area contributed by atoms with Gasteiger partial charge in [0, 0.05) is 16.9 Å². The molecule has 3 aromatic rings. The van der Waals surface area contributed by atoms with E-state index in [1.807, 2.05) is 0 Å². The summed E-state index contributed by atoms with van der Waals surface area (Å²) in [6.07, 6.45) is 1.48. The maximum Gasteiger partial charge on any atom is 0.338 e. The number of nitriles is 1. The molecule has 2 heterocycles. The van der Waals surface area contributed by atoms with E-state index in [4.69, 9.17) is 13.9 Å². The Kier molecular flexibility index (Phi) is 9.09. The highest BCUT2D eigenvalue weighted by Gasteiger charge is 2.36. The summed E-state index contributed by atoms with van der Waals surface area (Å²) in [4.78, 5) is 38.3. The first kappa shape index (κ1) is 28.3. The molecule has 2 aromatic carbocycles. The third-order valence-corrected chi connectivity index (χ3v) is 7.15. The highest BCUT2D eigenvalue weighted by Crippen LogP contribution is 2.41. The highest BCUT2D eigenvalue weighted by atomic mass is 32.2. The Hall–Kier alpha value is -4.75. The van der Waals surface area contributed by atoms with Crippen molar-refractivity contribution in [2.75, 3.05) is 24.8 Å². The minimum absolute atomic E-state index is 0.0757. The molecule has 0 saturated carbocycles. The van der Waals surface area contributed by atoms with Gasteiger partial charge in [-0.2, -0.15) is 5.26 Å². The molecule has 0 fully saturated rings. The summed E-state index contributed by atoms with van der Waals surface area (Å²) < 4.78 is 15.8. The average Bonchev–Trinajstić information content (AvgIpc) is 3.50. The number of nitrogens with zero attached hydrogens (tertiary/aromatic N) is 1. The number of Topliss-reactive ketones (excluding diaryl/α,β-unsaturated/α-hetero) is 1. The number of ketones is 1. The van der Waals surface area contributed by atoms with Gasteiger partial charge >= 0.3 is 5.97 Å². The van der Waals surface area contributed by atoms with Crippen LogP contribution >= 0.6 is 11.8 Å². The van der Waals surface area contributed by atoms with Crippen LogP contribution in [-0.2, 0) is 9.53 Å². The van der Waals surface area contributed by atoms with Gasteiger partial charge < -0.3 is 24.5 Å². The van der Waals surface area contributed by atoms with E-state index in [-0.39, 0.29) is 23.7 Å². The molecule has 9 nitrogen and oxygen atoms in total. The third kappa shape index (κ3) is 6.27. The van der Waals surface area contributed by atoms with Crippen LogP contribution in [0.3, 0.4) is 0 Å². The molecular formula is C30H27N3O6S. The van der Waals surface area contributed by atoms with Gasteiger partial charge in [-0.3, -0.25) is 9.59 Å². The number of nitrogens with one attached hydrogen (secondary N) is 2. The predicted molar refractivity (Wildman–Crippen MR) is 151 cm³/mol. The monoisotopic (exact) mass is 557 g/mol. The molecule has 0 radical (unpaired) electrons. The Labute approximate surface area is 235 Å². The van der Waals surface area contributed by atoms with Gasteiger partial charge in [0.05, 0.1) is 59.5 Å². The van der Waals surface area contributed by atoms with Crippen molar-refractivity contribution in [3.63, 3.8) is 0 Å². The van der Waals surface area contributed by atoms with Crippen molar-refractivity contribution in [2.45, 2.75) is 19.8 Å². The molecule has 1 atom stereocenters. The Morgan fingerprint density at radius 2 is 1.77 bits per heavy atom. The summed E-state index contributed by atoms with van der Waals surface area (Å²) >= 11 is 1.19. The van der Waals surface area contributed by atoms with Gasteiger partial charge in [-0.25, -0.2) is 4.79 Å². The number of carbonyl (C=O) groups is 3. The van der Waals surface area contributed by atoms with E-state index in [2.05, 4.69) is 16.7 Å². The number of ether oxygens (including phenoxy) is 2. The summed E-state index contributed by atoms with van der Waals surface area (Å²) in [6.45, 7) is 3.72. The Balaban J connectivity index is 1.57. The largest absolute Gasteiger partial charge is 0.497 e. The van der Waals surface area contributed by atoms with E-state index >= 15 is 0 Å². The van der Waals surface area contributed by atoms with Crippen molar-refractivity contribution < 1.29 is 28.3 Å². The van der Waals surface area contributed by atoms with Gasteiger partial charge in [0.15, 0.2) is 5.78 Å². The molecule has 1 amide bonds. The molecule has 0 spiro atoms. The van der Waals surface area contributed by atoms with Crippen LogP contribution in [0.25, 0.3) is 0 Å². The second kappa shape index (κ2) is 12.9. The lowest BCUT2D eigenvalue weighted by Gasteiger charge is -2.28. The van der Waals surface area contributed by atoms with Gasteiger partial charge in [0.1, 0.15) is 11.5 Å². The molecule has 0 bridgehead atoms. The topological polar surface area (TPSA) is 131 Å². The Morgan fingerprint density at radius 1 is 1.07 bits per heavy atom. The first-order valence-electron chi connectivity index (χ1n) is 12.4. The smallest absolute Gasteiger partial charge is 0.338 e. The molecule has 40 heavy (non-hydrogen) atoms. The molecule has 1 aliphatic rings. The fourth-order valence-corrected chi connectivity index (χ4v) is 5.15. The quantitative estimate of drug-likeness (QED) is 0.248. The Morgan fingerprint density at radius 3 is 2.38 bits per heavy atom. The van der Waals surface area contributed by atoms with E-state index in [9.17, 15) is 19.6 Å². The van der Waals surface area contributed by atoms with Crippen molar-refractivity contribution >= 4 is 35.1 Å². The lowest BCUT2D eigenvalue weighted by Crippen LogP contribution is -2.30. The molecule has 0 aliphatic carbocycles. The molecule has 1 aromatic heterocycles. The fraction of sp³-hybridized carbons (Fsp3) is 0.200. The number of thioether (sulfide) groups is 1. The van der Waals surface area contributed by atoms with Gasteiger partial charge in [-0.1, -0.05) is 11.8 Å². The molecule has 10 heteroatoms. The number of benzene rings is 2. The highest BCUT2D eigenvalue weighted by molar-refractivity contribution is 8.03. The van der Waals surface area contributed by atoms with Crippen LogP contribution < -0.4 is 15.4 Å². The summed E-state index contributed by atoms with van der Waals surface area (Å²) in [5, 5.41) is 16.6. The number of esters is 1. The number of hydrogen-bond acceptors (Lipinski definition) is 9. The standard InChI is InChI=1S/C30H27N3O6S/c1-4-38-30(36)20-7-11-21(12-8-20)33-28(35)26-18(2)32-29(23(16-31)27(26)25-6-5-15-39-25)40-17-24(34)19-9-13-22(37-3)14-10-19/h5-15,27,32H,4,17H2,1-3H3,(H,33,35)/t27-/m1/s1. The van der Waals surface area contributed by atoms with Crippen molar-refractivity contribution in [2.24, 2.45) is 0 Å². The lowest BCUT2D eigenvalue weighted by atomic mass is 9.85. The average molecular weight is 558 g/mol. The molecule has 1 aliphatic heterocycles. The summed E-state index contributed by atoms with van der Waals surface area (Å²) in [5.74, 6) is -0.667. The number of anilines is 1. The SMILES string of the molecule is CCOC(=O)c1ccc(NC(=O)C2=C(C)NC(SCC(=O)c3ccc(OC)cc3)=C(C#N)[C@@H]2c2ccco2)cc1. The zero-order valence-electron chi connectivity index (χ0n) is 22.1. The summed E-state index contributed by atoms with van der Waals surface area (Å²) in [7, 11) is 1.55. The fourth-order valence-electron chi connectivity index (χ4n) is 4.17. The van der Waals surface area contributed by atoms with Crippen LogP contribution in [0.5, 0.6) is 5.75 Å². The lowest BCUT2D eigenvalue weighted by molar-refractivity contribution is -0.113. The van der Waals surface area contributed by atoms with Crippen LogP contribution in [-0.4, -0.2) is 37.1 Å². The van der Waals surface area contributed by atoms with Gasteiger partial charge in [0.2, 0.25) is 0 Å². The number of rotatable bonds is 10. The van der Waals surface area contributed by atoms with Crippen molar-refractivity contribution in [1.29, 1.82) is 5.26 Å². The predicted octanol–water partition coefficient (Wildman–Crippen LogP) is 5.42. The van der Waals surface area contributed by atoms with Crippen molar-refractivity contribution in [3.05, 3.63) is 106 Å². The second-order valence-corrected chi connectivity index (χ2v) is 9.64. The normalized spacial score (nSPS) is 14.7. The number of allylic oxidation sites excluding steroid dienone is 2. The maximum absolute atomic E-state index is 13.5. The molecule has 204 valence electrons.